The highest BCUT2D eigenvalue weighted by Crippen LogP contribution is 2.23. The largest absolute Gasteiger partial charge is 0.391 e. The molecule has 1 N–H and O–H groups in total. The zero-order chi connectivity index (χ0) is 17.1. The summed E-state index contributed by atoms with van der Waals surface area (Å²) in [7, 11) is 0. The molecule has 1 aliphatic rings. The first-order valence-electron chi connectivity index (χ1n) is 8.63. The van der Waals surface area contributed by atoms with E-state index in [2.05, 4.69) is 17.2 Å². The van der Waals surface area contributed by atoms with E-state index in [0.717, 1.165) is 30.5 Å². The smallest absolute Gasteiger partial charge is 0.257 e. The fraction of sp³-hybridized carbons (Fsp3) is 0.474. The van der Waals surface area contributed by atoms with E-state index in [9.17, 15) is 9.90 Å². The van der Waals surface area contributed by atoms with Crippen molar-refractivity contribution in [2.45, 2.75) is 51.8 Å². The molecule has 2 unspecified atom stereocenters. The van der Waals surface area contributed by atoms with Gasteiger partial charge in [-0.25, -0.2) is 0 Å². The molecule has 1 aromatic heterocycles. The van der Waals surface area contributed by atoms with E-state index in [-0.39, 0.29) is 11.9 Å². The number of likely N-dealkylation sites (tertiary alicyclic amines) is 1. The van der Waals surface area contributed by atoms with Gasteiger partial charge in [-0.1, -0.05) is 30.3 Å². The van der Waals surface area contributed by atoms with Crippen molar-refractivity contribution in [3.8, 4) is 0 Å². The number of nitrogens with zero attached hydrogens (tertiary/aromatic N) is 3. The number of aliphatic hydroxyl groups excluding tert-OH is 1. The van der Waals surface area contributed by atoms with Gasteiger partial charge < -0.3 is 10.0 Å². The van der Waals surface area contributed by atoms with Gasteiger partial charge in [0.05, 0.1) is 30.5 Å². The molecule has 24 heavy (non-hydrogen) atoms. The van der Waals surface area contributed by atoms with Crippen molar-refractivity contribution < 1.29 is 9.90 Å². The van der Waals surface area contributed by atoms with Crippen molar-refractivity contribution in [1.82, 2.24) is 14.7 Å². The van der Waals surface area contributed by atoms with Crippen LogP contribution in [-0.4, -0.2) is 44.4 Å². The average Bonchev–Trinajstić information content (AvgIpc) is 2.96. The first-order valence-corrected chi connectivity index (χ1v) is 8.63. The van der Waals surface area contributed by atoms with E-state index in [4.69, 9.17) is 0 Å². The van der Waals surface area contributed by atoms with Gasteiger partial charge in [-0.2, -0.15) is 5.10 Å². The third kappa shape index (κ3) is 3.36. The Morgan fingerprint density at radius 1 is 1.33 bits per heavy atom. The number of amides is 1. The summed E-state index contributed by atoms with van der Waals surface area (Å²) >= 11 is 0. The third-order valence-corrected chi connectivity index (χ3v) is 4.88. The summed E-state index contributed by atoms with van der Waals surface area (Å²) in [5, 5.41) is 14.4. The van der Waals surface area contributed by atoms with Crippen molar-refractivity contribution in [2.75, 3.05) is 6.54 Å². The lowest BCUT2D eigenvalue weighted by atomic mass is 9.97. The molecule has 2 heterocycles. The van der Waals surface area contributed by atoms with E-state index < -0.39 is 6.10 Å². The van der Waals surface area contributed by atoms with Crippen molar-refractivity contribution >= 4 is 5.91 Å². The molecule has 1 amide bonds. The van der Waals surface area contributed by atoms with Gasteiger partial charge in [0.25, 0.3) is 5.91 Å². The van der Waals surface area contributed by atoms with Crippen LogP contribution in [0.5, 0.6) is 0 Å². The SMILES string of the molecule is Cc1c(C(=O)N2CCCCC2C(C)O)cnn1Cc1ccccc1. The van der Waals surface area contributed by atoms with Crippen LogP contribution in [0.15, 0.2) is 36.5 Å². The van der Waals surface area contributed by atoms with Crippen LogP contribution in [0.4, 0.5) is 0 Å². The molecule has 2 aromatic rings. The van der Waals surface area contributed by atoms with Crippen molar-refractivity contribution in [3.63, 3.8) is 0 Å². The third-order valence-electron chi connectivity index (χ3n) is 4.88. The highest BCUT2D eigenvalue weighted by molar-refractivity contribution is 5.95. The molecule has 0 aliphatic carbocycles. The topological polar surface area (TPSA) is 58.4 Å². The highest BCUT2D eigenvalue weighted by Gasteiger charge is 2.32. The number of hydrogen-bond donors (Lipinski definition) is 1. The Morgan fingerprint density at radius 3 is 2.79 bits per heavy atom. The summed E-state index contributed by atoms with van der Waals surface area (Å²) in [6.07, 6.45) is 4.07. The molecule has 0 bridgehead atoms. The number of aromatic nitrogens is 2. The van der Waals surface area contributed by atoms with Crippen LogP contribution in [0.25, 0.3) is 0 Å². The minimum absolute atomic E-state index is 0.0163. The van der Waals surface area contributed by atoms with Crippen LogP contribution in [0.1, 0.15) is 47.8 Å². The summed E-state index contributed by atoms with van der Waals surface area (Å²) in [5.74, 6) is -0.0163. The second-order valence-electron chi connectivity index (χ2n) is 6.59. The van der Waals surface area contributed by atoms with E-state index >= 15 is 0 Å². The fourth-order valence-corrected chi connectivity index (χ4v) is 3.44. The Hall–Kier alpha value is -2.14. The Bertz CT molecular complexity index is 694. The van der Waals surface area contributed by atoms with Gasteiger partial charge in [0.15, 0.2) is 0 Å². The Labute approximate surface area is 142 Å². The summed E-state index contributed by atoms with van der Waals surface area (Å²) < 4.78 is 1.86. The number of hydrogen-bond acceptors (Lipinski definition) is 3. The van der Waals surface area contributed by atoms with Crippen LogP contribution in [0, 0.1) is 6.92 Å². The first kappa shape index (κ1) is 16.7. The summed E-state index contributed by atoms with van der Waals surface area (Å²) in [6.45, 7) is 5.06. The van der Waals surface area contributed by atoms with Crippen molar-refractivity contribution in [1.29, 1.82) is 0 Å². The van der Waals surface area contributed by atoms with Crippen molar-refractivity contribution in [2.24, 2.45) is 0 Å². The number of benzene rings is 1. The molecule has 0 spiro atoms. The van der Waals surface area contributed by atoms with E-state index in [1.165, 1.54) is 0 Å². The molecule has 1 aliphatic heterocycles. The lowest BCUT2D eigenvalue weighted by molar-refractivity contribution is 0.0280. The molecule has 5 nitrogen and oxygen atoms in total. The summed E-state index contributed by atoms with van der Waals surface area (Å²) in [4.78, 5) is 14.8. The van der Waals surface area contributed by atoms with E-state index in [1.807, 2.05) is 34.7 Å². The molecular formula is C19H25N3O2. The minimum Gasteiger partial charge on any atom is -0.391 e. The maximum atomic E-state index is 13.0. The second-order valence-corrected chi connectivity index (χ2v) is 6.59. The number of aliphatic hydroxyl groups is 1. The average molecular weight is 327 g/mol. The fourth-order valence-electron chi connectivity index (χ4n) is 3.44. The Kier molecular flexibility index (Phi) is 5.00. The summed E-state index contributed by atoms with van der Waals surface area (Å²) in [5.41, 5.74) is 2.67. The molecule has 3 rings (SSSR count). The number of carbonyl (C=O) groups excluding carboxylic acids is 1. The quantitative estimate of drug-likeness (QED) is 0.939. The first-order chi connectivity index (χ1) is 11.6. The van der Waals surface area contributed by atoms with Gasteiger partial charge in [-0.05, 0) is 38.7 Å². The number of rotatable bonds is 4. The number of carbonyl (C=O) groups is 1. The van der Waals surface area contributed by atoms with E-state index in [0.29, 0.717) is 18.7 Å². The Balaban J connectivity index is 1.80. The molecule has 0 radical (unpaired) electrons. The molecule has 128 valence electrons. The monoisotopic (exact) mass is 327 g/mol. The lowest BCUT2D eigenvalue weighted by Gasteiger charge is -2.37. The molecule has 2 atom stereocenters. The Morgan fingerprint density at radius 2 is 2.08 bits per heavy atom. The van der Waals surface area contributed by atoms with Crippen LogP contribution in [0.2, 0.25) is 0 Å². The van der Waals surface area contributed by atoms with Gasteiger partial charge in [0, 0.05) is 12.2 Å². The zero-order valence-electron chi connectivity index (χ0n) is 14.4. The predicted molar refractivity (Wildman–Crippen MR) is 92.9 cm³/mol. The normalized spacial score (nSPS) is 19.3. The van der Waals surface area contributed by atoms with E-state index in [1.54, 1.807) is 13.1 Å². The maximum Gasteiger partial charge on any atom is 0.257 e. The van der Waals surface area contributed by atoms with Crippen LogP contribution in [-0.2, 0) is 6.54 Å². The molecular weight excluding hydrogens is 302 g/mol. The maximum absolute atomic E-state index is 13.0. The predicted octanol–water partition coefficient (Wildman–Crippen LogP) is 2.62. The number of piperidine rings is 1. The minimum atomic E-state index is -0.506. The van der Waals surface area contributed by atoms with Gasteiger partial charge in [-0.3, -0.25) is 9.48 Å². The van der Waals surface area contributed by atoms with Gasteiger partial charge in [0.2, 0.25) is 0 Å². The highest BCUT2D eigenvalue weighted by atomic mass is 16.3. The molecule has 0 saturated carbocycles. The summed E-state index contributed by atoms with van der Waals surface area (Å²) in [6, 6.07) is 10.00. The molecule has 1 saturated heterocycles. The van der Waals surface area contributed by atoms with Crippen LogP contribution in [0.3, 0.4) is 0 Å². The molecule has 1 fully saturated rings. The van der Waals surface area contributed by atoms with Crippen LogP contribution >= 0.6 is 0 Å². The standard InChI is InChI=1S/C19H25N3O2/c1-14-17(12-20-22(14)13-16-8-4-3-5-9-16)19(24)21-11-7-6-10-18(21)15(2)23/h3-5,8-9,12,15,18,23H,6-7,10-11,13H2,1-2H3. The second kappa shape index (κ2) is 7.18. The zero-order valence-corrected chi connectivity index (χ0v) is 14.4. The van der Waals surface area contributed by atoms with Crippen molar-refractivity contribution in [3.05, 3.63) is 53.3 Å². The van der Waals surface area contributed by atoms with Gasteiger partial charge in [-0.15, -0.1) is 0 Å². The van der Waals surface area contributed by atoms with Gasteiger partial charge >= 0.3 is 0 Å². The van der Waals surface area contributed by atoms with Gasteiger partial charge in [0.1, 0.15) is 0 Å². The lowest BCUT2D eigenvalue weighted by Crippen LogP contribution is -2.49. The van der Waals surface area contributed by atoms with Crippen LogP contribution < -0.4 is 0 Å². The molecule has 1 aromatic carbocycles. The molecule has 5 heteroatoms.